The molecule has 0 bridgehead atoms. The van der Waals surface area contributed by atoms with E-state index >= 15 is 0 Å². The Morgan fingerprint density at radius 1 is 0.250 bits per heavy atom. The highest BCUT2D eigenvalue weighted by Gasteiger charge is 2.22. The fourth-order valence-corrected chi connectivity index (χ4v) is 9.59. The van der Waals surface area contributed by atoms with E-state index in [2.05, 4.69) is 254 Å². The van der Waals surface area contributed by atoms with Crippen LogP contribution in [0.1, 0.15) is 0 Å². The molecule has 0 amide bonds. The minimum Gasteiger partial charge on any atom is -0.455 e. The average molecular weight is 816 g/mol. The summed E-state index contributed by atoms with van der Waals surface area (Å²) in [4.78, 5) is 2.35. The first-order valence-electron chi connectivity index (χ1n) is 21.9. The molecule has 64 heavy (non-hydrogen) atoms. The van der Waals surface area contributed by atoms with Crippen molar-refractivity contribution in [3.63, 3.8) is 0 Å². The van der Waals surface area contributed by atoms with E-state index in [0.717, 1.165) is 66.6 Å². The lowest BCUT2D eigenvalue weighted by Crippen LogP contribution is -2.09. The molecule has 0 radical (unpaired) electrons. The first-order chi connectivity index (χ1) is 31.7. The predicted octanol–water partition coefficient (Wildman–Crippen LogP) is 17.7. The quantitative estimate of drug-likeness (QED) is 0.142. The number of benzene rings is 11. The number of hydrogen-bond acceptors (Lipinski definition) is 2. The van der Waals surface area contributed by atoms with Crippen LogP contribution in [0.2, 0.25) is 0 Å². The van der Waals surface area contributed by atoms with Crippen molar-refractivity contribution in [1.29, 1.82) is 0 Å². The maximum Gasteiger partial charge on any atom is 0.143 e. The summed E-state index contributed by atoms with van der Waals surface area (Å²) in [6.07, 6.45) is 0. The molecule has 1 aromatic heterocycles. The van der Waals surface area contributed by atoms with Gasteiger partial charge in [-0.1, -0.05) is 206 Å². The standard InChI is InChI=1S/C62H41NO/c1-4-14-42(15-5-1)45-24-26-49(27-25-45)59-53(40-41-58-61(59)60-56-22-12-10-20-54(56)55-21-11-13-23-57(55)62(60)64-58)48-32-38-52(39-33-48)63(50-34-28-46(29-35-50)43-16-6-2-7-17-43)51-36-30-47(31-37-51)44-18-8-3-9-19-44/h1-41H. The Morgan fingerprint density at radius 2 is 0.609 bits per heavy atom. The van der Waals surface area contributed by atoms with Crippen LogP contribution in [0.3, 0.4) is 0 Å². The lowest BCUT2D eigenvalue weighted by Gasteiger charge is -2.26. The highest BCUT2D eigenvalue weighted by Crippen LogP contribution is 2.48. The maximum absolute atomic E-state index is 6.93. The van der Waals surface area contributed by atoms with Crippen LogP contribution in [-0.2, 0) is 0 Å². The van der Waals surface area contributed by atoms with E-state index in [1.54, 1.807) is 0 Å². The maximum atomic E-state index is 6.93. The van der Waals surface area contributed by atoms with Gasteiger partial charge in [0, 0.05) is 38.8 Å². The summed E-state index contributed by atoms with van der Waals surface area (Å²) < 4.78 is 6.93. The van der Waals surface area contributed by atoms with E-state index < -0.39 is 0 Å². The molecule has 0 unspecified atom stereocenters. The van der Waals surface area contributed by atoms with Gasteiger partial charge in [-0.05, 0) is 109 Å². The van der Waals surface area contributed by atoms with E-state index in [1.807, 2.05) is 0 Å². The van der Waals surface area contributed by atoms with Crippen molar-refractivity contribution in [1.82, 2.24) is 0 Å². The van der Waals surface area contributed by atoms with Crippen LogP contribution in [0, 0.1) is 0 Å². The lowest BCUT2D eigenvalue weighted by atomic mass is 9.88. The molecule has 0 saturated carbocycles. The third kappa shape index (κ3) is 6.52. The summed E-state index contributed by atoms with van der Waals surface area (Å²) >= 11 is 0. The second kappa shape index (κ2) is 15.8. The van der Waals surface area contributed by atoms with Crippen molar-refractivity contribution >= 4 is 60.5 Å². The molecule has 0 atom stereocenters. The molecule has 0 saturated heterocycles. The number of furan rings is 1. The number of nitrogens with zero attached hydrogens (tertiary/aromatic N) is 1. The molecule has 0 fully saturated rings. The second-order valence-electron chi connectivity index (χ2n) is 16.4. The molecule has 12 aromatic rings. The molecule has 0 spiro atoms. The molecule has 2 heteroatoms. The zero-order valence-corrected chi connectivity index (χ0v) is 35.0. The van der Waals surface area contributed by atoms with Gasteiger partial charge in [-0.3, -0.25) is 0 Å². The molecule has 300 valence electrons. The third-order valence-electron chi connectivity index (χ3n) is 12.7. The molecule has 2 nitrogen and oxygen atoms in total. The van der Waals surface area contributed by atoms with Crippen molar-refractivity contribution in [2.24, 2.45) is 0 Å². The summed E-state index contributed by atoms with van der Waals surface area (Å²) in [5, 5.41) is 7.01. The molecule has 12 rings (SSSR count). The molecular weight excluding hydrogens is 775 g/mol. The van der Waals surface area contributed by atoms with Gasteiger partial charge in [0.2, 0.25) is 0 Å². The van der Waals surface area contributed by atoms with Crippen LogP contribution in [0.4, 0.5) is 17.1 Å². The van der Waals surface area contributed by atoms with Crippen molar-refractivity contribution in [3.05, 3.63) is 249 Å². The van der Waals surface area contributed by atoms with E-state index in [9.17, 15) is 0 Å². The van der Waals surface area contributed by atoms with E-state index in [4.69, 9.17) is 4.42 Å². The van der Waals surface area contributed by atoms with Crippen LogP contribution in [-0.4, -0.2) is 0 Å². The molecule has 0 aliphatic heterocycles. The van der Waals surface area contributed by atoms with Crippen LogP contribution < -0.4 is 4.90 Å². The van der Waals surface area contributed by atoms with Gasteiger partial charge in [0.15, 0.2) is 0 Å². The lowest BCUT2D eigenvalue weighted by molar-refractivity contribution is 0.673. The molecule has 0 N–H and O–H groups in total. The summed E-state index contributed by atoms with van der Waals surface area (Å²) in [6, 6.07) is 89.4. The molecule has 1 heterocycles. The number of hydrogen-bond donors (Lipinski definition) is 0. The first-order valence-corrected chi connectivity index (χ1v) is 21.9. The normalized spacial score (nSPS) is 11.4. The zero-order valence-electron chi connectivity index (χ0n) is 35.0. The van der Waals surface area contributed by atoms with Crippen molar-refractivity contribution < 1.29 is 4.42 Å². The van der Waals surface area contributed by atoms with Crippen LogP contribution >= 0.6 is 0 Å². The van der Waals surface area contributed by atoms with Gasteiger partial charge in [-0.25, -0.2) is 0 Å². The Bertz CT molecular complexity index is 3510. The molecule has 11 aromatic carbocycles. The zero-order chi connectivity index (χ0) is 42.4. The number of anilines is 3. The third-order valence-corrected chi connectivity index (χ3v) is 12.7. The Morgan fingerprint density at radius 3 is 1.09 bits per heavy atom. The topological polar surface area (TPSA) is 16.4 Å². The molecular formula is C62H41NO. The average Bonchev–Trinajstić information content (AvgIpc) is 3.78. The van der Waals surface area contributed by atoms with Crippen molar-refractivity contribution in [2.75, 3.05) is 4.90 Å². The summed E-state index contributed by atoms with van der Waals surface area (Å²) in [5.74, 6) is 0. The van der Waals surface area contributed by atoms with Gasteiger partial charge in [-0.2, -0.15) is 0 Å². The van der Waals surface area contributed by atoms with E-state index in [1.165, 1.54) is 49.5 Å². The first kappa shape index (κ1) is 37.3. The number of fused-ring (bicyclic) bond motifs is 8. The summed E-state index contributed by atoms with van der Waals surface area (Å²) in [7, 11) is 0. The summed E-state index contributed by atoms with van der Waals surface area (Å²) in [5.41, 5.74) is 16.8. The molecule has 0 aliphatic carbocycles. The Hall–Kier alpha value is -8.46. The highest BCUT2D eigenvalue weighted by atomic mass is 16.3. The largest absolute Gasteiger partial charge is 0.455 e. The Kier molecular flexibility index (Phi) is 9.20. The van der Waals surface area contributed by atoms with Gasteiger partial charge in [0.25, 0.3) is 0 Å². The highest BCUT2D eigenvalue weighted by molar-refractivity contribution is 6.32. The minimum atomic E-state index is 0.878. The SMILES string of the molecule is c1ccc(-c2ccc(-c3c(-c4ccc(N(c5ccc(-c6ccccc6)cc5)c5ccc(-c6ccccc6)cc5)cc4)ccc4oc5c6ccccc6c6ccccc6c5c34)cc2)cc1. The van der Waals surface area contributed by atoms with E-state index in [0.29, 0.717) is 0 Å². The molecule has 0 aliphatic rings. The summed E-state index contributed by atoms with van der Waals surface area (Å²) in [6.45, 7) is 0. The van der Waals surface area contributed by atoms with Crippen molar-refractivity contribution in [2.45, 2.75) is 0 Å². The van der Waals surface area contributed by atoms with Gasteiger partial charge in [0.1, 0.15) is 11.2 Å². The number of rotatable bonds is 8. The monoisotopic (exact) mass is 815 g/mol. The fraction of sp³-hybridized carbons (Fsp3) is 0. The Balaban J connectivity index is 1.03. The van der Waals surface area contributed by atoms with Gasteiger partial charge in [0.05, 0.1) is 0 Å². The fourth-order valence-electron chi connectivity index (χ4n) is 9.59. The van der Waals surface area contributed by atoms with Crippen LogP contribution in [0.15, 0.2) is 253 Å². The predicted molar refractivity (Wildman–Crippen MR) is 271 cm³/mol. The van der Waals surface area contributed by atoms with Crippen LogP contribution in [0.25, 0.3) is 99.1 Å². The van der Waals surface area contributed by atoms with Gasteiger partial charge >= 0.3 is 0 Å². The van der Waals surface area contributed by atoms with Gasteiger partial charge < -0.3 is 9.32 Å². The smallest absolute Gasteiger partial charge is 0.143 e. The van der Waals surface area contributed by atoms with Crippen LogP contribution in [0.5, 0.6) is 0 Å². The van der Waals surface area contributed by atoms with Crippen molar-refractivity contribution in [3.8, 4) is 55.6 Å². The van der Waals surface area contributed by atoms with Gasteiger partial charge in [-0.15, -0.1) is 0 Å². The Labute approximate surface area is 372 Å². The van der Waals surface area contributed by atoms with E-state index in [-0.39, 0.29) is 0 Å². The second-order valence-corrected chi connectivity index (χ2v) is 16.4. The minimum absolute atomic E-state index is 0.878.